The minimum atomic E-state index is -0.663. The van der Waals surface area contributed by atoms with Gasteiger partial charge in [-0.2, -0.15) is 0 Å². The summed E-state index contributed by atoms with van der Waals surface area (Å²) in [6.45, 7) is 4.97. The van der Waals surface area contributed by atoms with Crippen LogP contribution in [-0.2, 0) is 14.3 Å². The average Bonchev–Trinajstić information content (AvgIpc) is 3.35. The molecule has 0 aliphatic rings. The van der Waals surface area contributed by atoms with E-state index in [2.05, 4.69) is 31.3 Å². The quantitative estimate of drug-likeness (QED) is 0.0321. The standard InChI is InChI=1S/C63H123NO5/c1-3-5-7-9-11-13-15-17-18-19-26-29-33-37-41-45-49-53-57-63(68)69-58-54-50-46-42-38-34-30-27-24-22-20-21-23-25-28-32-36-40-44-48-52-56-62(67)64-60(59-65)61(66)55-51-47-43-39-35-31-16-14-12-10-8-6-4-2/h18-19,60-61,65-66H,3-17,20-59H2,1-2H3,(H,64,67)/b19-18-. The molecule has 0 rings (SSSR count). The summed E-state index contributed by atoms with van der Waals surface area (Å²) in [6, 6.07) is -0.541. The number of carbonyl (C=O) groups is 2. The van der Waals surface area contributed by atoms with Crippen LogP contribution >= 0.6 is 0 Å². The lowest BCUT2D eigenvalue weighted by Gasteiger charge is -2.22. The van der Waals surface area contributed by atoms with Gasteiger partial charge in [0.1, 0.15) is 0 Å². The van der Waals surface area contributed by atoms with E-state index in [4.69, 9.17) is 4.74 Å². The smallest absolute Gasteiger partial charge is 0.305 e. The first kappa shape index (κ1) is 67.6. The number of esters is 1. The molecule has 0 aromatic rings. The molecular weight excluding hydrogens is 851 g/mol. The van der Waals surface area contributed by atoms with E-state index in [9.17, 15) is 19.8 Å². The third-order valence-corrected chi connectivity index (χ3v) is 14.8. The fourth-order valence-corrected chi connectivity index (χ4v) is 9.99. The number of ether oxygens (including phenoxy) is 1. The minimum absolute atomic E-state index is 0.00986. The SMILES string of the molecule is CCCCCCCCC/C=C\CCCCCCCCCC(=O)OCCCCCCCCCCCCCCCCCCCCCCCC(=O)NC(CO)C(O)CCCCCCCCCCCCCCC. The van der Waals surface area contributed by atoms with Gasteiger partial charge >= 0.3 is 5.97 Å². The maximum atomic E-state index is 12.5. The molecule has 2 unspecified atom stereocenters. The molecule has 6 heteroatoms. The van der Waals surface area contributed by atoms with E-state index in [0.29, 0.717) is 25.9 Å². The van der Waals surface area contributed by atoms with Gasteiger partial charge in [0.15, 0.2) is 0 Å². The first-order chi connectivity index (χ1) is 34.0. The molecule has 0 radical (unpaired) electrons. The van der Waals surface area contributed by atoms with Gasteiger partial charge in [-0.25, -0.2) is 0 Å². The third-order valence-electron chi connectivity index (χ3n) is 14.8. The van der Waals surface area contributed by atoms with Crippen LogP contribution in [0, 0.1) is 0 Å². The Balaban J connectivity index is 3.36. The molecule has 0 aromatic carbocycles. The van der Waals surface area contributed by atoms with Crippen molar-refractivity contribution in [1.29, 1.82) is 0 Å². The number of nitrogens with one attached hydrogen (secondary N) is 1. The number of carbonyl (C=O) groups excluding carboxylic acids is 2. The van der Waals surface area contributed by atoms with Crippen molar-refractivity contribution in [1.82, 2.24) is 5.32 Å². The topological polar surface area (TPSA) is 95.9 Å². The highest BCUT2D eigenvalue weighted by atomic mass is 16.5. The second-order valence-corrected chi connectivity index (χ2v) is 21.7. The van der Waals surface area contributed by atoms with E-state index in [1.165, 1.54) is 276 Å². The summed E-state index contributed by atoms with van der Waals surface area (Å²) in [6.07, 6.45) is 70.8. The lowest BCUT2D eigenvalue weighted by Crippen LogP contribution is -2.45. The molecule has 0 bridgehead atoms. The van der Waals surface area contributed by atoms with Crippen molar-refractivity contribution in [3.05, 3.63) is 12.2 Å². The maximum Gasteiger partial charge on any atom is 0.305 e. The van der Waals surface area contributed by atoms with Gasteiger partial charge < -0.3 is 20.3 Å². The Morgan fingerprint density at radius 3 is 1.03 bits per heavy atom. The highest BCUT2D eigenvalue weighted by Gasteiger charge is 2.20. The third kappa shape index (κ3) is 55.8. The second-order valence-electron chi connectivity index (χ2n) is 21.7. The normalized spacial score (nSPS) is 12.6. The minimum Gasteiger partial charge on any atom is -0.466 e. The molecule has 410 valence electrons. The number of aliphatic hydroxyl groups is 2. The van der Waals surface area contributed by atoms with Crippen LogP contribution in [0.4, 0.5) is 0 Å². The second kappa shape index (κ2) is 59.2. The van der Waals surface area contributed by atoms with Crippen LogP contribution in [-0.4, -0.2) is 47.4 Å². The zero-order chi connectivity index (χ0) is 50.0. The molecule has 69 heavy (non-hydrogen) atoms. The number of hydrogen-bond acceptors (Lipinski definition) is 5. The molecule has 0 aliphatic heterocycles. The van der Waals surface area contributed by atoms with Gasteiger partial charge in [0.2, 0.25) is 5.91 Å². The number of allylic oxidation sites excluding steroid dienone is 2. The monoisotopic (exact) mass is 974 g/mol. The number of aliphatic hydroxyl groups excluding tert-OH is 2. The van der Waals surface area contributed by atoms with Gasteiger partial charge in [-0.1, -0.05) is 302 Å². The molecule has 2 atom stereocenters. The molecule has 0 aromatic heterocycles. The van der Waals surface area contributed by atoms with Gasteiger partial charge in [-0.15, -0.1) is 0 Å². The van der Waals surface area contributed by atoms with Crippen LogP contribution < -0.4 is 5.32 Å². The molecule has 6 nitrogen and oxygen atoms in total. The van der Waals surface area contributed by atoms with Crippen molar-refractivity contribution < 1.29 is 24.5 Å². The van der Waals surface area contributed by atoms with Crippen LogP contribution in [0.15, 0.2) is 12.2 Å². The summed E-state index contributed by atoms with van der Waals surface area (Å²) in [5, 5.41) is 23.3. The van der Waals surface area contributed by atoms with E-state index < -0.39 is 12.1 Å². The van der Waals surface area contributed by atoms with E-state index in [0.717, 1.165) is 44.9 Å². The lowest BCUT2D eigenvalue weighted by atomic mass is 10.0. The fourth-order valence-electron chi connectivity index (χ4n) is 9.99. The van der Waals surface area contributed by atoms with E-state index in [1.807, 2.05) is 0 Å². The zero-order valence-corrected chi connectivity index (χ0v) is 46.8. The van der Waals surface area contributed by atoms with Crippen LogP contribution in [0.2, 0.25) is 0 Å². The van der Waals surface area contributed by atoms with Gasteiger partial charge in [0, 0.05) is 12.8 Å². The van der Waals surface area contributed by atoms with Gasteiger partial charge in [0.05, 0.1) is 25.4 Å². The number of amides is 1. The zero-order valence-electron chi connectivity index (χ0n) is 46.8. The van der Waals surface area contributed by atoms with Crippen molar-refractivity contribution in [3.63, 3.8) is 0 Å². The highest BCUT2D eigenvalue weighted by molar-refractivity contribution is 5.76. The summed E-state index contributed by atoms with van der Waals surface area (Å²) in [7, 11) is 0. The number of unbranched alkanes of at least 4 members (excludes halogenated alkanes) is 46. The molecule has 0 saturated heterocycles. The first-order valence-electron chi connectivity index (χ1n) is 31.4. The number of rotatable bonds is 59. The van der Waals surface area contributed by atoms with Crippen LogP contribution in [0.3, 0.4) is 0 Å². The Morgan fingerprint density at radius 2 is 0.681 bits per heavy atom. The molecule has 0 spiro atoms. The Kier molecular flexibility index (Phi) is 58.0. The Hall–Kier alpha value is -1.40. The Bertz CT molecular complexity index is 1030. The molecule has 0 aliphatic carbocycles. The van der Waals surface area contributed by atoms with Crippen molar-refractivity contribution in [2.75, 3.05) is 13.2 Å². The molecule has 0 fully saturated rings. The summed E-state index contributed by atoms with van der Waals surface area (Å²) in [4.78, 5) is 24.6. The predicted octanol–water partition coefficient (Wildman–Crippen LogP) is 19.6. The fraction of sp³-hybridized carbons (Fsp3) is 0.937. The van der Waals surface area contributed by atoms with Crippen molar-refractivity contribution in [2.24, 2.45) is 0 Å². The van der Waals surface area contributed by atoms with Crippen LogP contribution in [0.1, 0.15) is 354 Å². The highest BCUT2D eigenvalue weighted by Crippen LogP contribution is 2.18. The van der Waals surface area contributed by atoms with Crippen LogP contribution in [0.5, 0.6) is 0 Å². The molecule has 0 saturated carbocycles. The van der Waals surface area contributed by atoms with E-state index in [-0.39, 0.29) is 18.5 Å². The summed E-state index contributed by atoms with van der Waals surface area (Å²) in [5.41, 5.74) is 0. The van der Waals surface area contributed by atoms with Crippen molar-refractivity contribution in [3.8, 4) is 0 Å². The summed E-state index contributed by atoms with van der Waals surface area (Å²) in [5.74, 6) is -0.0244. The summed E-state index contributed by atoms with van der Waals surface area (Å²) < 4.78 is 5.50. The van der Waals surface area contributed by atoms with Crippen molar-refractivity contribution >= 4 is 11.9 Å². The van der Waals surface area contributed by atoms with E-state index >= 15 is 0 Å². The molecule has 0 heterocycles. The molecular formula is C63H123NO5. The maximum absolute atomic E-state index is 12.5. The van der Waals surface area contributed by atoms with Crippen molar-refractivity contribution in [2.45, 2.75) is 366 Å². The predicted molar refractivity (Wildman–Crippen MR) is 301 cm³/mol. The summed E-state index contributed by atoms with van der Waals surface area (Å²) >= 11 is 0. The van der Waals surface area contributed by atoms with Gasteiger partial charge in [-0.05, 0) is 51.4 Å². The van der Waals surface area contributed by atoms with Gasteiger partial charge in [-0.3, -0.25) is 9.59 Å². The molecule has 3 N–H and O–H groups in total. The Labute approximate surface area is 431 Å². The Morgan fingerprint density at radius 1 is 0.391 bits per heavy atom. The largest absolute Gasteiger partial charge is 0.466 e. The average molecular weight is 975 g/mol. The van der Waals surface area contributed by atoms with E-state index in [1.54, 1.807) is 0 Å². The van der Waals surface area contributed by atoms with Crippen LogP contribution in [0.25, 0.3) is 0 Å². The molecule has 1 amide bonds. The number of hydrogen-bond donors (Lipinski definition) is 3. The first-order valence-corrected chi connectivity index (χ1v) is 31.4. The van der Waals surface area contributed by atoms with Gasteiger partial charge in [0.25, 0.3) is 0 Å². The lowest BCUT2D eigenvalue weighted by molar-refractivity contribution is -0.143.